The van der Waals surface area contributed by atoms with Gasteiger partial charge >= 0.3 is 12.1 Å². The Morgan fingerprint density at radius 3 is 2.72 bits per heavy atom. The van der Waals surface area contributed by atoms with Gasteiger partial charge in [-0.1, -0.05) is 6.42 Å². The molecule has 0 amide bonds. The van der Waals surface area contributed by atoms with Crippen LogP contribution in [0, 0.1) is 0 Å². The number of aliphatic hydroxyl groups is 1. The average molecular weight is 269 g/mol. The number of alkyl halides is 3. The number of fused-ring (bicyclic) bond motifs is 1. The van der Waals surface area contributed by atoms with Gasteiger partial charge in [-0.15, -0.1) is 0 Å². The van der Waals surface area contributed by atoms with E-state index in [0.29, 0.717) is 12.8 Å². The van der Waals surface area contributed by atoms with Gasteiger partial charge < -0.3 is 9.84 Å². The van der Waals surface area contributed by atoms with Gasteiger partial charge in [-0.3, -0.25) is 4.84 Å². The molecule has 2 fully saturated rings. The van der Waals surface area contributed by atoms with Crippen LogP contribution in [0.5, 0.6) is 0 Å². The van der Waals surface area contributed by atoms with Crippen molar-refractivity contribution >= 4 is 5.97 Å². The van der Waals surface area contributed by atoms with Crippen molar-refractivity contribution in [2.24, 2.45) is 0 Å². The second kappa shape index (κ2) is 4.36. The highest BCUT2D eigenvalue weighted by molar-refractivity contribution is 5.77. The summed E-state index contributed by atoms with van der Waals surface area (Å²) in [5.74, 6) is -1.22. The Hall–Kier alpha value is -0.860. The molecule has 0 radical (unpaired) electrons. The first kappa shape index (κ1) is 13.6. The van der Waals surface area contributed by atoms with Gasteiger partial charge in [0.15, 0.2) is 0 Å². The van der Waals surface area contributed by atoms with Crippen LogP contribution in [0.3, 0.4) is 0 Å². The fraction of sp³-hybridized carbons (Fsp3) is 0.900. The number of rotatable bonds is 1. The number of halogens is 3. The van der Waals surface area contributed by atoms with Crippen molar-refractivity contribution in [1.29, 1.82) is 0 Å². The van der Waals surface area contributed by atoms with Gasteiger partial charge in [-0.2, -0.15) is 18.2 Å². The van der Waals surface area contributed by atoms with Crippen LogP contribution in [0.2, 0.25) is 0 Å². The fourth-order valence-electron chi connectivity index (χ4n) is 2.53. The molecule has 0 spiro atoms. The third kappa shape index (κ3) is 1.79. The summed E-state index contributed by atoms with van der Waals surface area (Å²) in [6, 6.07) is -1.25. The molecule has 3 atom stereocenters. The molecule has 0 unspecified atom stereocenters. The Kier molecular flexibility index (Phi) is 3.28. The van der Waals surface area contributed by atoms with Crippen LogP contribution < -0.4 is 0 Å². The van der Waals surface area contributed by atoms with Gasteiger partial charge in [0.2, 0.25) is 11.7 Å². The SMILES string of the molecule is COC(=O)[C@@H]1ON2CCCC[C@@H]2[C@]1(O)C(F)(F)F. The van der Waals surface area contributed by atoms with E-state index in [9.17, 15) is 23.1 Å². The number of hydrogen-bond acceptors (Lipinski definition) is 5. The molecule has 0 aromatic rings. The number of methoxy groups -OCH3 is 1. The Balaban J connectivity index is 2.38. The summed E-state index contributed by atoms with van der Waals surface area (Å²) in [5, 5.41) is 11.0. The molecule has 5 nitrogen and oxygen atoms in total. The molecule has 0 aromatic heterocycles. The van der Waals surface area contributed by atoms with Crippen LogP contribution in [0.25, 0.3) is 0 Å². The monoisotopic (exact) mass is 269 g/mol. The molecule has 0 saturated carbocycles. The first-order chi connectivity index (χ1) is 8.32. The zero-order valence-corrected chi connectivity index (χ0v) is 9.74. The zero-order chi connectivity index (χ0) is 13.6. The molecule has 18 heavy (non-hydrogen) atoms. The van der Waals surface area contributed by atoms with Crippen molar-refractivity contribution < 1.29 is 32.6 Å². The number of carbonyl (C=O) groups excluding carboxylic acids is 1. The molecule has 2 heterocycles. The standard InChI is InChI=1S/C10H14F3NO4/c1-17-8(15)7-9(16,10(11,12)13)6-4-2-3-5-14(6)18-7/h6-7,16H,2-5H2,1H3/t6-,7+,9-/m1/s1. The third-order valence-electron chi connectivity index (χ3n) is 3.47. The minimum absolute atomic E-state index is 0.128. The largest absolute Gasteiger partial charge is 0.467 e. The maximum atomic E-state index is 13.1. The molecule has 0 bridgehead atoms. The summed E-state index contributed by atoms with van der Waals surface area (Å²) in [6.07, 6.45) is -5.66. The Labute approximate surface area is 101 Å². The first-order valence-electron chi connectivity index (χ1n) is 5.62. The minimum atomic E-state index is -4.96. The van der Waals surface area contributed by atoms with Crippen molar-refractivity contribution in [3.05, 3.63) is 0 Å². The van der Waals surface area contributed by atoms with E-state index >= 15 is 0 Å². The van der Waals surface area contributed by atoms with Crippen LogP contribution in [-0.4, -0.2) is 53.7 Å². The molecule has 0 aromatic carbocycles. The Morgan fingerprint density at radius 1 is 1.50 bits per heavy atom. The second-order valence-corrected chi connectivity index (χ2v) is 4.48. The van der Waals surface area contributed by atoms with Crippen LogP contribution in [0.4, 0.5) is 13.2 Å². The number of esters is 1. The normalized spacial score (nSPS) is 37.4. The van der Waals surface area contributed by atoms with E-state index in [2.05, 4.69) is 4.74 Å². The summed E-state index contributed by atoms with van der Waals surface area (Å²) in [5.41, 5.74) is -3.21. The summed E-state index contributed by atoms with van der Waals surface area (Å²) in [7, 11) is 0.958. The summed E-state index contributed by atoms with van der Waals surface area (Å²) in [4.78, 5) is 16.3. The van der Waals surface area contributed by atoms with Gasteiger partial charge in [0.25, 0.3) is 0 Å². The predicted octanol–water partition coefficient (Wildman–Crippen LogP) is 0.621. The minimum Gasteiger partial charge on any atom is -0.467 e. The third-order valence-corrected chi connectivity index (χ3v) is 3.47. The van der Waals surface area contributed by atoms with Crippen molar-refractivity contribution in [3.8, 4) is 0 Å². The van der Waals surface area contributed by atoms with Gasteiger partial charge in [0.05, 0.1) is 13.2 Å². The van der Waals surface area contributed by atoms with E-state index in [1.165, 1.54) is 0 Å². The van der Waals surface area contributed by atoms with Gasteiger partial charge in [-0.05, 0) is 12.8 Å². The summed E-state index contributed by atoms with van der Waals surface area (Å²) >= 11 is 0. The molecule has 0 aliphatic carbocycles. The van der Waals surface area contributed by atoms with Crippen LogP contribution >= 0.6 is 0 Å². The molecule has 2 saturated heterocycles. The lowest BCUT2D eigenvalue weighted by Gasteiger charge is -2.36. The lowest BCUT2D eigenvalue weighted by Crippen LogP contribution is -2.62. The van der Waals surface area contributed by atoms with Crippen molar-refractivity contribution in [3.63, 3.8) is 0 Å². The maximum absolute atomic E-state index is 13.1. The number of nitrogens with zero attached hydrogens (tertiary/aromatic N) is 1. The number of carbonyl (C=O) groups is 1. The molecule has 2 aliphatic heterocycles. The Morgan fingerprint density at radius 2 is 2.17 bits per heavy atom. The lowest BCUT2D eigenvalue weighted by molar-refractivity contribution is -0.277. The molecule has 104 valence electrons. The Bertz CT molecular complexity index is 349. The highest BCUT2D eigenvalue weighted by atomic mass is 19.4. The van der Waals surface area contributed by atoms with E-state index < -0.39 is 29.9 Å². The van der Waals surface area contributed by atoms with Crippen molar-refractivity contribution in [2.45, 2.75) is 43.2 Å². The van der Waals surface area contributed by atoms with Gasteiger partial charge in [0.1, 0.15) is 0 Å². The van der Waals surface area contributed by atoms with E-state index in [-0.39, 0.29) is 13.0 Å². The first-order valence-corrected chi connectivity index (χ1v) is 5.62. The molecule has 2 aliphatic rings. The highest BCUT2D eigenvalue weighted by Crippen LogP contribution is 2.47. The summed E-state index contributed by atoms with van der Waals surface area (Å²) in [6.45, 7) is 0.260. The number of hydroxylamine groups is 2. The van der Waals surface area contributed by atoms with E-state index in [1.54, 1.807) is 0 Å². The van der Waals surface area contributed by atoms with Crippen LogP contribution in [0.15, 0.2) is 0 Å². The fourth-order valence-corrected chi connectivity index (χ4v) is 2.53. The quantitative estimate of drug-likeness (QED) is 0.707. The van der Waals surface area contributed by atoms with Gasteiger partial charge in [0, 0.05) is 6.54 Å². The van der Waals surface area contributed by atoms with E-state index in [4.69, 9.17) is 4.84 Å². The highest BCUT2D eigenvalue weighted by Gasteiger charge is 2.72. The van der Waals surface area contributed by atoms with Crippen LogP contribution in [0.1, 0.15) is 19.3 Å². The number of piperidine rings is 1. The average Bonchev–Trinajstić information content (AvgIpc) is 2.63. The molecule has 8 heteroatoms. The predicted molar refractivity (Wildman–Crippen MR) is 52.2 cm³/mol. The molecular weight excluding hydrogens is 255 g/mol. The summed E-state index contributed by atoms with van der Waals surface area (Å²) < 4.78 is 43.6. The van der Waals surface area contributed by atoms with Crippen LogP contribution in [-0.2, 0) is 14.4 Å². The number of ether oxygens (including phenoxy) is 1. The van der Waals surface area contributed by atoms with Gasteiger partial charge in [-0.25, -0.2) is 4.79 Å². The topological polar surface area (TPSA) is 59.0 Å². The molecule has 1 N–H and O–H groups in total. The maximum Gasteiger partial charge on any atom is 0.422 e. The number of hydrogen-bond donors (Lipinski definition) is 1. The molecular formula is C10H14F3NO4. The van der Waals surface area contributed by atoms with E-state index in [1.807, 2.05) is 0 Å². The van der Waals surface area contributed by atoms with E-state index in [0.717, 1.165) is 12.2 Å². The van der Waals surface area contributed by atoms with Crippen molar-refractivity contribution in [1.82, 2.24) is 5.06 Å². The van der Waals surface area contributed by atoms with Crippen molar-refractivity contribution in [2.75, 3.05) is 13.7 Å². The lowest BCUT2D eigenvalue weighted by atomic mass is 9.84. The second-order valence-electron chi connectivity index (χ2n) is 4.48. The zero-order valence-electron chi connectivity index (χ0n) is 9.74. The molecule has 2 rings (SSSR count). The smallest absolute Gasteiger partial charge is 0.422 e.